The summed E-state index contributed by atoms with van der Waals surface area (Å²) in [6.45, 7) is 0.365. The minimum absolute atomic E-state index is 0.365. The zero-order valence-corrected chi connectivity index (χ0v) is 8.90. The van der Waals surface area contributed by atoms with Crippen molar-refractivity contribution in [2.75, 3.05) is 7.05 Å². The van der Waals surface area contributed by atoms with E-state index in [1.807, 2.05) is 30.3 Å². The van der Waals surface area contributed by atoms with E-state index in [2.05, 4.69) is 4.74 Å². The number of carbonyl (C=O) groups is 2. The molecule has 1 rings (SSSR count). The summed E-state index contributed by atoms with van der Waals surface area (Å²) in [5, 5.41) is 0. The second kappa shape index (κ2) is 5.36. The van der Waals surface area contributed by atoms with Gasteiger partial charge in [0.2, 0.25) is 0 Å². The van der Waals surface area contributed by atoms with Crippen LogP contribution in [0.4, 0.5) is 9.59 Å². The number of rotatable bonds is 2. The molecular weight excluding hydrogens is 218 g/mol. The fourth-order valence-corrected chi connectivity index (χ4v) is 1.13. The molecule has 0 unspecified atom stereocenters. The Morgan fingerprint density at radius 3 is 2.47 bits per heavy atom. The van der Waals surface area contributed by atoms with Crippen LogP contribution in [0.2, 0.25) is 0 Å². The SMILES string of the molecule is CN(Cc1ccccc1)C(=O)OC(=O)Cl. The molecule has 0 aliphatic heterocycles. The highest BCUT2D eigenvalue weighted by Crippen LogP contribution is 2.04. The van der Waals surface area contributed by atoms with Gasteiger partial charge in [0.05, 0.1) is 0 Å². The van der Waals surface area contributed by atoms with Crippen molar-refractivity contribution in [2.24, 2.45) is 0 Å². The average molecular weight is 228 g/mol. The molecule has 1 aromatic carbocycles. The van der Waals surface area contributed by atoms with Gasteiger partial charge in [0.1, 0.15) is 0 Å². The van der Waals surface area contributed by atoms with Gasteiger partial charge in [-0.05, 0) is 5.56 Å². The van der Waals surface area contributed by atoms with E-state index in [0.717, 1.165) is 5.56 Å². The van der Waals surface area contributed by atoms with Gasteiger partial charge in [-0.25, -0.2) is 9.59 Å². The van der Waals surface area contributed by atoms with Crippen LogP contribution in [0.3, 0.4) is 0 Å². The Kier molecular flexibility index (Phi) is 4.12. The molecule has 0 saturated carbocycles. The number of hydrogen-bond acceptors (Lipinski definition) is 3. The highest BCUT2D eigenvalue weighted by molar-refractivity contribution is 6.61. The summed E-state index contributed by atoms with van der Waals surface area (Å²) in [6.07, 6.45) is -0.765. The Balaban J connectivity index is 2.52. The van der Waals surface area contributed by atoms with Crippen molar-refractivity contribution in [3.63, 3.8) is 0 Å². The van der Waals surface area contributed by atoms with E-state index in [-0.39, 0.29) is 0 Å². The Labute approximate surface area is 92.4 Å². The molecule has 1 aromatic rings. The van der Waals surface area contributed by atoms with E-state index < -0.39 is 11.5 Å². The Morgan fingerprint density at radius 1 is 1.33 bits per heavy atom. The molecule has 5 heteroatoms. The third-order valence-electron chi connectivity index (χ3n) is 1.74. The van der Waals surface area contributed by atoms with Crippen molar-refractivity contribution >= 4 is 23.1 Å². The molecule has 80 valence electrons. The van der Waals surface area contributed by atoms with E-state index in [1.54, 1.807) is 0 Å². The summed E-state index contributed by atoms with van der Waals surface area (Å²) in [6, 6.07) is 9.34. The van der Waals surface area contributed by atoms with Gasteiger partial charge in [-0.1, -0.05) is 30.3 Å². The van der Waals surface area contributed by atoms with Crippen LogP contribution in [-0.2, 0) is 11.3 Å². The lowest BCUT2D eigenvalue weighted by atomic mass is 10.2. The van der Waals surface area contributed by atoms with Crippen LogP contribution >= 0.6 is 11.6 Å². The number of ether oxygens (including phenoxy) is 1. The standard InChI is InChI=1S/C10H10ClNO3/c1-12(10(14)15-9(11)13)7-8-5-3-2-4-6-8/h2-6H,7H2,1H3. The largest absolute Gasteiger partial charge is 0.418 e. The molecule has 0 atom stereocenters. The van der Waals surface area contributed by atoms with Gasteiger partial charge in [0, 0.05) is 25.2 Å². The summed E-state index contributed by atoms with van der Waals surface area (Å²) in [5.74, 6) is 0. The molecule has 1 amide bonds. The molecule has 0 fully saturated rings. The normalized spacial score (nSPS) is 9.47. The number of hydrogen-bond donors (Lipinski definition) is 0. The summed E-state index contributed by atoms with van der Waals surface area (Å²) in [4.78, 5) is 22.7. The van der Waals surface area contributed by atoms with E-state index >= 15 is 0 Å². The first-order valence-electron chi connectivity index (χ1n) is 4.26. The van der Waals surface area contributed by atoms with Crippen LogP contribution in [0.1, 0.15) is 5.56 Å². The monoisotopic (exact) mass is 227 g/mol. The lowest BCUT2D eigenvalue weighted by Crippen LogP contribution is -2.27. The first-order valence-corrected chi connectivity index (χ1v) is 4.63. The number of amides is 1. The lowest BCUT2D eigenvalue weighted by molar-refractivity contribution is 0.135. The van der Waals surface area contributed by atoms with Crippen molar-refractivity contribution in [1.29, 1.82) is 0 Å². The Bertz CT molecular complexity index is 353. The molecule has 0 aliphatic carbocycles. The highest BCUT2D eigenvalue weighted by Gasteiger charge is 2.13. The van der Waals surface area contributed by atoms with E-state index in [1.165, 1.54) is 11.9 Å². The maximum atomic E-state index is 11.2. The van der Waals surface area contributed by atoms with Gasteiger partial charge in [-0.3, -0.25) is 0 Å². The van der Waals surface area contributed by atoms with Crippen molar-refractivity contribution in [1.82, 2.24) is 4.90 Å². The second-order valence-corrected chi connectivity index (χ2v) is 3.26. The molecule has 0 aromatic heterocycles. The van der Waals surface area contributed by atoms with Crippen LogP contribution < -0.4 is 0 Å². The molecule has 15 heavy (non-hydrogen) atoms. The van der Waals surface area contributed by atoms with Crippen LogP contribution in [0.5, 0.6) is 0 Å². The van der Waals surface area contributed by atoms with Crippen molar-refractivity contribution in [3.8, 4) is 0 Å². The quantitative estimate of drug-likeness (QED) is 0.576. The summed E-state index contributed by atoms with van der Waals surface area (Å²) in [5.41, 5.74) is -0.182. The average Bonchev–Trinajstić information content (AvgIpc) is 2.18. The summed E-state index contributed by atoms with van der Waals surface area (Å²) in [7, 11) is 1.52. The molecule has 0 radical (unpaired) electrons. The number of halogens is 1. The maximum absolute atomic E-state index is 11.2. The molecule has 0 spiro atoms. The van der Waals surface area contributed by atoms with Crippen molar-refractivity contribution in [2.45, 2.75) is 6.54 Å². The van der Waals surface area contributed by atoms with Crippen LogP contribution in [0, 0.1) is 0 Å². The smallest absolute Gasteiger partial charge is 0.364 e. The van der Waals surface area contributed by atoms with Crippen LogP contribution in [0.15, 0.2) is 30.3 Å². The molecule has 0 heterocycles. The minimum Gasteiger partial charge on any atom is -0.364 e. The summed E-state index contributed by atoms with van der Waals surface area (Å²) >= 11 is 4.91. The molecule has 0 bridgehead atoms. The zero-order chi connectivity index (χ0) is 11.3. The topological polar surface area (TPSA) is 46.6 Å². The van der Waals surface area contributed by atoms with Crippen LogP contribution in [0.25, 0.3) is 0 Å². The molecule has 4 nitrogen and oxygen atoms in total. The fraction of sp³-hybridized carbons (Fsp3) is 0.200. The number of carbonyl (C=O) groups excluding carboxylic acids is 2. The minimum atomic E-state index is -1.13. The first kappa shape index (κ1) is 11.5. The predicted octanol–water partition coefficient (Wildman–Crippen LogP) is 2.61. The Hall–Kier alpha value is -1.55. The van der Waals surface area contributed by atoms with E-state index in [0.29, 0.717) is 6.54 Å². The number of benzene rings is 1. The molecule has 0 N–H and O–H groups in total. The Morgan fingerprint density at radius 2 is 1.93 bits per heavy atom. The zero-order valence-electron chi connectivity index (χ0n) is 8.14. The molecule has 0 saturated heterocycles. The predicted molar refractivity (Wildman–Crippen MR) is 55.6 cm³/mol. The molecular formula is C10H10ClNO3. The third kappa shape index (κ3) is 3.99. The first-order chi connectivity index (χ1) is 7.09. The van der Waals surface area contributed by atoms with Gasteiger partial charge in [-0.2, -0.15) is 0 Å². The van der Waals surface area contributed by atoms with Gasteiger partial charge in [0.25, 0.3) is 0 Å². The third-order valence-corrected chi connectivity index (χ3v) is 1.82. The van der Waals surface area contributed by atoms with Gasteiger partial charge < -0.3 is 9.64 Å². The van der Waals surface area contributed by atoms with Gasteiger partial charge in [-0.15, -0.1) is 0 Å². The summed E-state index contributed by atoms with van der Waals surface area (Å²) < 4.78 is 4.20. The van der Waals surface area contributed by atoms with Crippen LogP contribution in [-0.4, -0.2) is 23.5 Å². The van der Waals surface area contributed by atoms with E-state index in [9.17, 15) is 9.59 Å². The fourth-order valence-electron chi connectivity index (χ4n) is 1.07. The molecule has 0 aliphatic rings. The van der Waals surface area contributed by atoms with Gasteiger partial charge in [0.15, 0.2) is 0 Å². The van der Waals surface area contributed by atoms with E-state index in [4.69, 9.17) is 11.6 Å². The highest BCUT2D eigenvalue weighted by atomic mass is 35.5. The second-order valence-electron chi connectivity index (χ2n) is 2.95. The van der Waals surface area contributed by atoms with Crippen molar-refractivity contribution in [3.05, 3.63) is 35.9 Å². The number of nitrogens with zero attached hydrogens (tertiary/aromatic N) is 1. The maximum Gasteiger partial charge on any atom is 0.418 e. The van der Waals surface area contributed by atoms with Crippen molar-refractivity contribution < 1.29 is 14.3 Å². The van der Waals surface area contributed by atoms with Gasteiger partial charge >= 0.3 is 11.5 Å². The lowest BCUT2D eigenvalue weighted by Gasteiger charge is -2.14.